The largest absolute Gasteiger partial charge is 0.467 e. The van der Waals surface area contributed by atoms with Gasteiger partial charge in [0, 0.05) is 5.69 Å². The van der Waals surface area contributed by atoms with Gasteiger partial charge in [-0.2, -0.15) is 0 Å². The number of nitrogens with one attached hydrogen (secondary N) is 1. The quantitative estimate of drug-likeness (QED) is 0.392. The van der Waals surface area contributed by atoms with E-state index in [1.54, 1.807) is 48.7 Å². The molecule has 0 radical (unpaired) electrons. The smallest absolute Gasteiger partial charge is 0.291 e. The Morgan fingerprint density at radius 2 is 1.72 bits per heavy atom. The summed E-state index contributed by atoms with van der Waals surface area (Å²) in [6, 6.07) is 21.9. The molecule has 8 heteroatoms. The highest BCUT2D eigenvalue weighted by molar-refractivity contribution is 7.90. The Labute approximate surface area is 185 Å². The molecule has 7 nitrogen and oxygen atoms in total. The maximum absolute atomic E-state index is 12.5. The SMILES string of the molecule is O=C(Nc1cccc(COCc2ccco2)c1)c1ccc(CS(=O)(=O)c2ccccc2)o1. The molecule has 164 valence electrons. The lowest BCUT2D eigenvalue weighted by atomic mass is 10.2. The molecule has 0 aliphatic rings. The van der Waals surface area contributed by atoms with Gasteiger partial charge in [0.05, 0.1) is 17.8 Å². The van der Waals surface area contributed by atoms with Crippen molar-refractivity contribution in [1.82, 2.24) is 0 Å². The van der Waals surface area contributed by atoms with E-state index in [0.29, 0.717) is 18.9 Å². The van der Waals surface area contributed by atoms with Crippen LogP contribution in [0.4, 0.5) is 5.69 Å². The van der Waals surface area contributed by atoms with E-state index in [9.17, 15) is 13.2 Å². The first kappa shape index (κ1) is 21.6. The topological polar surface area (TPSA) is 98.7 Å². The number of hydrogen-bond donors (Lipinski definition) is 1. The summed E-state index contributed by atoms with van der Waals surface area (Å²) in [5.41, 5.74) is 1.45. The van der Waals surface area contributed by atoms with Gasteiger partial charge < -0.3 is 18.9 Å². The van der Waals surface area contributed by atoms with Gasteiger partial charge in [-0.1, -0.05) is 30.3 Å². The fourth-order valence-electron chi connectivity index (χ4n) is 3.07. The molecule has 0 saturated heterocycles. The average molecular weight is 452 g/mol. The Hall–Kier alpha value is -3.62. The van der Waals surface area contributed by atoms with E-state index in [1.807, 2.05) is 12.1 Å². The maximum Gasteiger partial charge on any atom is 0.291 e. The Morgan fingerprint density at radius 1 is 0.875 bits per heavy atom. The average Bonchev–Trinajstić information content (AvgIpc) is 3.47. The van der Waals surface area contributed by atoms with Crippen LogP contribution in [-0.4, -0.2) is 14.3 Å². The molecule has 4 aromatic rings. The van der Waals surface area contributed by atoms with Gasteiger partial charge in [-0.05, 0) is 54.1 Å². The number of furan rings is 2. The molecule has 2 heterocycles. The number of carbonyl (C=O) groups is 1. The van der Waals surface area contributed by atoms with Crippen LogP contribution < -0.4 is 5.32 Å². The lowest BCUT2D eigenvalue weighted by molar-refractivity contribution is 0.0929. The Kier molecular flexibility index (Phi) is 6.53. The van der Waals surface area contributed by atoms with Crippen LogP contribution in [0.15, 0.2) is 98.9 Å². The summed E-state index contributed by atoms with van der Waals surface area (Å²) in [7, 11) is -3.56. The normalized spacial score (nSPS) is 11.4. The summed E-state index contributed by atoms with van der Waals surface area (Å²) in [4.78, 5) is 12.7. The van der Waals surface area contributed by atoms with Crippen LogP contribution in [-0.2, 0) is 33.5 Å². The highest BCUT2D eigenvalue weighted by Crippen LogP contribution is 2.19. The third-order valence-electron chi connectivity index (χ3n) is 4.60. The van der Waals surface area contributed by atoms with Gasteiger partial charge in [0.1, 0.15) is 23.9 Å². The highest BCUT2D eigenvalue weighted by atomic mass is 32.2. The molecule has 4 rings (SSSR count). The van der Waals surface area contributed by atoms with Gasteiger partial charge in [-0.3, -0.25) is 4.79 Å². The fraction of sp³-hybridized carbons (Fsp3) is 0.125. The van der Waals surface area contributed by atoms with E-state index in [2.05, 4.69) is 5.32 Å². The Balaban J connectivity index is 1.36. The predicted octanol–water partition coefficient (Wildman–Crippen LogP) is 4.82. The summed E-state index contributed by atoms with van der Waals surface area (Å²) >= 11 is 0. The second-order valence-corrected chi connectivity index (χ2v) is 9.05. The van der Waals surface area contributed by atoms with Crippen LogP contribution in [0, 0.1) is 0 Å². The highest BCUT2D eigenvalue weighted by Gasteiger charge is 2.19. The summed E-state index contributed by atoms with van der Waals surface area (Å²) in [5.74, 6) is 0.161. The molecule has 0 atom stereocenters. The number of benzene rings is 2. The monoisotopic (exact) mass is 451 g/mol. The first-order valence-electron chi connectivity index (χ1n) is 9.86. The molecule has 0 fully saturated rings. The Morgan fingerprint density at radius 3 is 2.50 bits per heavy atom. The maximum atomic E-state index is 12.5. The summed E-state index contributed by atoms with van der Waals surface area (Å²) in [6.45, 7) is 0.706. The molecule has 2 aromatic heterocycles. The van der Waals surface area contributed by atoms with E-state index >= 15 is 0 Å². The number of anilines is 1. The number of amides is 1. The number of carbonyl (C=O) groups excluding carboxylic acids is 1. The molecule has 0 saturated carbocycles. The number of sulfone groups is 1. The van der Waals surface area contributed by atoms with Gasteiger partial charge >= 0.3 is 0 Å². The molecular weight excluding hydrogens is 430 g/mol. The van der Waals surface area contributed by atoms with Gasteiger partial charge in [0.2, 0.25) is 0 Å². The van der Waals surface area contributed by atoms with Crippen molar-refractivity contribution in [2.45, 2.75) is 23.9 Å². The van der Waals surface area contributed by atoms with Crippen molar-refractivity contribution < 1.29 is 26.8 Å². The zero-order valence-corrected chi connectivity index (χ0v) is 17.9. The fourth-order valence-corrected chi connectivity index (χ4v) is 4.34. The van der Waals surface area contributed by atoms with Crippen molar-refractivity contribution in [1.29, 1.82) is 0 Å². The van der Waals surface area contributed by atoms with Crippen LogP contribution in [0.3, 0.4) is 0 Å². The van der Waals surface area contributed by atoms with Crippen LogP contribution in [0.5, 0.6) is 0 Å². The minimum atomic E-state index is -3.56. The zero-order chi connectivity index (χ0) is 22.4. The molecule has 0 bridgehead atoms. The Bertz CT molecular complexity index is 1280. The number of rotatable bonds is 9. The van der Waals surface area contributed by atoms with Crippen molar-refractivity contribution in [3.05, 3.63) is 108 Å². The minimum Gasteiger partial charge on any atom is -0.467 e. The molecule has 0 unspecified atom stereocenters. The minimum absolute atomic E-state index is 0.0303. The van der Waals surface area contributed by atoms with E-state index < -0.39 is 15.7 Å². The van der Waals surface area contributed by atoms with Crippen molar-refractivity contribution in [2.75, 3.05) is 5.32 Å². The van der Waals surface area contributed by atoms with Crippen molar-refractivity contribution in [3.63, 3.8) is 0 Å². The molecule has 1 amide bonds. The standard InChI is InChI=1S/C24H21NO6S/c26-24(23-12-11-21(31-23)17-32(27,28)22-9-2-1-3-10-22)25-19-7-4-6-18(14-19)15-29-16-20-8-5-13-30-20/h1-14H,15-17H2,(H,25,26). The number of ether oxygens (including phenoxy) is 1. The molecule has 0 aliphatic carbocycles. The first-order chi connectivity index (χ1) is 15.5. The molecule has 32 heavy (non-hydrogen) atoms. The second-order valence-electron chi connectivity index (χ2n) is 7.06. The van der Waals surface area contributed by atoms with E-state index in [4.69, 9.17) is 13.6 Å². The number of hydrogen-bond acceptors (Lipinski definition) is 6. The lowest BCUT2D eigenvalue weighted by Crippen LogP contribution is -2.11. The molecule has 0 spiro atoms. The summed E-state index contributed by atoms with van der Waals surface area (Å²) < 4.78 is 41.3. The van der Waals surface area contributed by atoms with Gasteiger partial charge in [0.25, 0.3) is 5.91 Å². The lowest BCUT2D eigenvalue weighted by Gasteiger charge is -2.07. The van der Waals surface area contributed by atoms with Crippen molar-refractivity contribution >= 4 is 21.4 Å². The third kappa shape index (κ3) is 5.54. The van der Waals surface area contributed by atoms with Crippen LogP contribution in [0.25, 0.3) is 0 Å². The third-order valence-corrected chi connectivity index (χ3v) is 6.25. The molecular formula is C24H21NO6S. The molecule has 2 aromatic carbocycles. The predicted molar refractivity (Wildman–Crippen MR) is 118 cm³/mol. The van der Waals surface area contributed by atoms with E-state index in [0.717, 1.165) is 11.3 Å². The summed E-state index contributed by atoms with van der Waals surface area (Å²) in [5, 5.41) is 2.75. The van der Waals surface area contributed by atoms with E-state index in [-0.39, 0.29) is 22.2 Å². The van der Waals surface area contributed by atoms with Crippen LogP contribution >= 0.6 is 0 Å². The van der Waals surface area contributed by atoms with Crippen LogP contribution in [0.1, 0.15) is 27.6 Å². The van der Waals surface area contributed by atoms with Gasteiger partial charge in [-0.15, -0.1) is 0 Å². The van der Waals surface area contributed by atoms with Gasteiger partial charge in [0.15, 0.2) is 15.6 Å². The molecule has 0 aliphatic heterocycles. The zero-order valence-electron chi connectivity index (χ0n) is 17.1. The van der Waals surface area contributed by atoms with E-state index in [1.165, 1.54) is 24.3 Å². The second kappa shape index (κ2) is 9.67. The van der Waals surface area contributed by atoms with Crippen molar-refractivity contribution in [2.24, 2.45) is 0 Å². The molecule has 1 N–H and O–H groups in total. The first-order valence-corrected chi connectivity index (χ1v) is 11.5. The summed E-state index contributed by atoms with van der Waals surface area (Å²) in [6.07, 6.45) is 1.59. The van der Waals surface area contributed by atoms with Crippen molar-refractivity contribution in [3.8, 4) is 0 Å². The van der Waals surface area contributed by atoms with Gasteiger partial charge in [-0.25, -0.2) is 8.42 Å². The van der Waals surface area contributed by atoms with Crippen LogP contribution in [0.2, 0.25) is 0 Å².